The maximum absolute atomic E-state index is 12.5. The lowest BCUT2D eigenvalue weighted by molar-refractivity contribution is 0.0780. The quantitative estimate of drug-likeness (QED) is 0.735. The number of amides is 1. The first-order valence-electron chi connectivity index (χ1n) is 9.00. The highest BCUT2D eigenvalue weighted by atomic mass is 16.5. The molecule has 1 amide bonds. The minimum atomic E-state index is 0.0892. The van der Waals surface area contributed by atoms with Gasteiger partial charge in [0.05, 0.1) is 6.61 Å². The summed E-state index contributed by atoms with van der Waals surface area (Å²) >= 11 is 0. The van der Waals surface area contributed by atoms with E-state index in [-0.39, 0.29) is 11.7 Å². The molecule has 1 N–H and O–H groups in total. The smallest absolute Gasteiger partial charge is 0.254 e. The monoisotopic (exact) mass is 339 g/mol. The van der Waals surface area contributed by atoms with Crippen LogP contribution in [0, 0.1) is 0 Å². The SMILES string of the molecule is CCCCCOc1ccc2c(c1)CN(CCc1ccc(O)cc1)C2=O. The van der Waals surface area contributed by atoms with Gasteiger partial charge in [-0.05, 0) is 54.3 Å². The Morgan fingerprint density at radius 2 is 1.92 bits per heavy atom. The summed E-state index contributed by atoms with van der Waals surface area (Å²) in [6, 6.07) is 12.9. The molecule has 0 saturated carbocycles. The van der Waals surface area contributed by atoms with E-state index >= 15 is 0 Å². The number of aromatic hydroxyl groups is 1. The van der Waals surface area contributed by atoms with Crippen LogP contribution in [0.5, 0.6) is 11.5 Å². The second-order valence-corrected chi connectivity index (χ2v) is 6.52. The van der Waals surface area contributed by atoms with Crippen LogP contribution in [-0.2, 0) is 13.0 Å². The molecule has 2 aromatic carbocycles. The van der Waals surface area contributed by atoms with E-state index in [0.717, 1.165) is 41.9 Å². The van der Waals surface area contributed by atoms with Crippen LogP contribution in [0.1, 0.15) is 47.7 Å². The van der Waals surface area contributed by atoms with E-state index in [2.05, 4.69) is 6.92 Å². The summed E-state index contributed by atoms with van der Waals surface area (Å²) in [5.74, 6) is 1.20. The Morgan fingerprint density at radius 1 is 1.12 bits per heavy atom. The Morgan fingerprint density at radius 3 is 2.68 bits per heavy atom. The van der Waals surface area contributed by atoms with Crippen LogP contribution in [-0.4, -0.2) is 29.1 Å². The van der Waals surface area contributed by atoms with E-state index in [0.29, 0.717) is 13.1 Å². The molecule has 3 rings (SSSR count). The summed E-state index contributed by atoms with van der Waals surface area (Å²) in [5.41, 5.74) is 2.94. The van der Waals surface area contributed by atoms with Crippen LogP contribution in [0.2, 0.25) is 0 Å². The number of nitrogens with zero attached hydrogens (tertiary/aromatic N) is 1. The normalized spacial score (nSPS) is 13.2. The summed E-state index contributed by atoms with van der Waals surface area (Å²) in [7, 11) is 0. The lowest BCUT2D eigenvalue weighted by Crippen LogP contribution is -2.26. The van der Waals surface area contributed by atoms with Gasteiger partial charge in [-0.2, -0.15) is 0 Å². The summed E-state index contributed by atoms with van der Waals surface area (Å²) in [6.07, 6.45) is 4.19. The molecule has 1 heterocycles. The van der Waals surface area contributed by atoms with Gasteiger partial charge in [-0.3, -0.25) is 4.79 Å². The van der Waals surface area contributed by atoms with E-state index < -0.39 is 0 Å². The van der Waals surface area contributed by atoms with E-state index in [1.54, 1.807) is 12.1 Å². The Kier molecular flexibility index (Phi) is 5.59. The zero-order valence-electron chi connectivity index (χ0n) is 14.7. The number of ether oxygens (including phenoxy) is 1. The largest absolute Gasteiger partial charge is 0.508 e. The van der Waals surface area contributed by atoms with Crippen molar-refractivity contribution in [1.29, 1.82) is 0 Å². The molecule has 0 unspecified atom stereocenters. The molecule has 0 aromatic heterocycles. The molecule has 0 radical (unpaired) electrons. The molecule has 0 bridgehead atoms. The molecular weight excluding hydrogens is 314 g/mol. The minimum absolute atomic E-state index is 0.0892. The zero-order valence-corrected chi connectivity index (χ0v) is 14.7. The van der Waals surface area contributed by atoms with Crippen molar-refractivity contribution in [2.24, 2.45) is 0 Å². The number of carbonyl (C=O) groups is 1. The van der Waals surface area contributed by atoms with Gasteiger partial charge < -0.3 is 14.7 Å². The second-order valence-electron chi connectivity index (χ2n) is 6.52. The lowest BCUT2D eigenvalue weighted by Gasteiger charge is -2.15. The number of unbranched alkanes of at least 4 members (excludes halogenated alkanes) is 2. The van der Waals surface area contributed by atoms with Gasteiger partial charge in [0.15, 0.2) is 0 Å². The third-order valence-corrected chi connectivity index (χ3v) is 4.58. The first-order valence-corrected chi connectivity index (χ1v) is 9.00. The van der Waals surface area contributed by atoms with Gasteiger partial charge >= 0.3 is 0 Å². The molecule has 0 saturated heterocycles. The Hall–Kier alpha value is -2.49. The topological polar surface area (TPSA) is 49.8 Å². The highest BCUT2D eigenvalue weighted by Gasteiger charge is 2.27. The highest BCUT2D eigenvalue weighted by molar-refractivity contribution is 5.98. The molecule has 4 heteroatoms. The van der Waals surface area contributed by atoms with Gasteiger partial charge in [-0.25, -0.2) is 0 Å². The summed E-state index contributed by atoms with van der Waals surface area (Å²) in [5, 5.41) is 9.34. The third kappa shape index (κ3) is 4.32. The standard InChI is InChI=1S/C21H25NO3/c1-2-3-4-13-25-19-9-10-20-17(14-19)15-22(21(20)24)12-11-16-5-7-18(23)8-6-16/h5-10,14,23H,2-4,11-13,15H2,1H3. The van der Waals surface area contributed by atoms with Crippen LogP contribution in [0.25, 0.3) is 0 Å². The summed E-state index contributed by atoms with van der Waals surface area (Å²) < 4.78 is 5.79. The van der Waals surface area contributed by atoms with Crippen LogP contribution in [0.4, 0.5) is 0 Å². The number of benzene rings is 2. The van der Waals surface area contributed by atoms with E-state index in [4.69, 9.17) is 4.74 Å². The summed E-state index contributed by atoms with van der Waals surface area (Å²) in [6.45, 7) is 4.21. The Balaban J connectivity index is 1.57. The fourth-order valence-electron chi connectivity index (χ4n) is 3.10. The molecule has 0 fully saturated rings. The van der Waals surface area contributed by atoms with Crippen molar-refractivity contribution in [3.63, 3.8) is 0 Å². The molecule has 2 aromatic rings. The van der Waals surface area contributed by atoms with Gasteiger partial charge in [0.2, 0.25) is 0 Å². The number of phenolic OH excluding ortho intramolecular Hbond substituents is 1. The maximum atomic E-state index is 12.5. The molecule has 132 valence electrons. The first-order chi connectivity index (χ1) is 12.2. The van der Waals surface area contributed by atoms with Crippen molar-refractivity contribution >= 4 is 5.91 Å². The van der Waals surface area contributed by atoms with Crippen molar-refractivity contribution in [3.8, 4) is 11.5 Å². The van der Waals surface area contributed by atoms with Crippen molar-refractivity contribution < 1.29 is 14.6 Å². The predicted molar refractivity (Wildman–Crippen MR) is 98.0 cm³/mol. The number of phenols is 1. The summed E-state index contributed by atoms with van der Waals surface area (Å²) in [4.78, 5) is 14.4. The molecule has 0 atom stereocenters. The van der Waals surface area contributed by atoms with Crippen molar-refractivity contribution in [2.75, 3.05) is 13.2 Å². The van der Waals surface area contributed by atoms with E-state index in [1.807, 2.05) is 35.2 Å². The number of rotatable bonds is 8. The number of hydrogen-bond acceptors (Lipinski definition) is 3. The van der Waals surface area contributed by atoms with Crippen LogP contribution in [0.3, 0.4) is 0 Å². The van der Waals surface area contributed by atoms with Crippen LogP contribution >= 0.6 is 0 Å². The fourth-order valence-corrected chi connectivity index (χ4v) is 3.10. The van der Waals surface area contributed by atoms with Crippen molar-refractivity contribution in [1.82, 2.24) is 4.90 Å². The van der Waals surface area contributed by atoms with Crippen molar-refractivity contribution in [2.45, 2.75) is 39.2 Å². The maximum Gasteiger partial charge on any atom is 0.254 e. The lowest BCUT2D eigenvalue weighted by atomic mass is 10.1. The van der Waals surface area contributed by atoms with E-state index in [1.165, 1.54) is 12.8 Å². The van der Waals surface area contributed by atoms with Crippen molar-refractivity contribution in [3.05, 3.63) is 59.2 Å². The molecule has 0 spiro atoms. The minimum Gasteiger partial charge on any atom is -0.508 e. The third-order valence-electron chi connectivity index (χ3n) is 4.58. The van der Waals surface area contributed by atoms with Gasteiger partial charge in [-0.1, -0.05) is 31.9 Å². The van der Waals surface area contributed by atoms with E-state index in [9.17, 15) is 9.90 Å². The Labute approximate surface area is 149 Å². The van der Waals surface area contributed by atoms with Gasteiger partial charge in [0.1, 0.15) is 11.5 Å². The molecular formula is C21H25NO3. The molecule has 1 aliphatic rings. The first kappa shape index (κ1) is 17.3. The molecule has 0 aliphatic carbocycles. The second kappa shape index (κ2) is 8.06. The van der Waals surface area contributed by atoms with Crippen LogP contribution < -0.4 is 4.74 Å². The Bertz CT molecular complexity index is 724. The van der Waals surface area contributed by atoms with Crippen LogP contribution in [0.15, 0.2) is 42.5 Å². The number of hydrogen-bond donors (Lipinski definition) is 1. The number of carbonyl (C=O) groups excluding carboxylic acids is 1. The fraction of sp³-hybridized carbons (Fsp3) is 0.381. The average Bonchev–Trinajstić information content (AvgIpc) is 2.94. The zero-order chi connectivity index (χ0) is 17.6. The van der Waals surface area contributed by atoms with Gasteiger partial charge in [0, 0.05) is 18.7 Å². The molecule has 25 heavy (non-hydrogen) atoms. The molecule has 1 aliphatic heterocycles. The van der Waals surface area contributed by atoms with Gasteiger partial charge in [-0.15, -0.1) is 0 Å². The average molecular weight is 339 g/mol. The number of fused-ring (bicyclic) bond motifs is 1. The molecule has 4 nitrogen and oxygen atoms in total. The highest BCUT2D eigenvalue weighted by Crippen LogP contribution is 2.27. The van der Waals surface area contributed by atoms with Gasteiger partial charge in [0.25, 0.3) is 5.91 Å². The predicted octanol–water partition coefficient (Wildman–Crippen LogP) is 4.16.